The molecule has 0 saturated heterocycles. The molecule has 0 aliphatic heterocycles. The molecule has 1 aromatic heterocycles. The Hall–Kier alpha value is -2.95. The summed E-state index contributed by atoms with van der Waals surface area (Å²) in [7, 11) is 0. The van der Waals surface area contributed by atoms with Crippen molar-refractivity contribution in [2.45, 2.75) is 39.5 Å². The maximum Gasteiger partial charge on any atom is 0.258 e. The fourth-order valence-electron chi connectivity index (χ4n) is 2.72. The molecule has 5 nitrogen and oxygen atoms in total. The molecule has 27 heavy (non-hydrogen) atoms. The molecule has 0 N–H and O–H groups in total. The van der Waals surface area contributed by atoms with Crippen LogP contribution in [0.4, 0.5) is 0 Å². The first-order valence-electron chi connectivity index (χ1n) is 9.35. The van der Waals surface area contributed by atoms with Crippen LogP contribution in [0, 0.1) is 0 Å². The van der Waals surface area contributed by atoms with Crippen molar-refractivity contribution >= 4 is 5.78 Å². The molecule has 0 amide bonds. The van der Waals surface area contributed by atoms with Crippen molar-refractivity contribution in [3.63, 3.8) is 0 Å². The summed E-state index contributed by atoms with van der Waals surface area (Å²) in [6, 6.07) is 14.8. The van der Waals surface area contributed by atoms with Gasteiger partial charge in [0.05, 0.1) is 6.61 Å². The third-order valence-electron chi connectivity index (χ3n) is 4.34. The van der Waals surface area contributed by atoms with Crippen LogP contribution < -0.4 is 4.74 Å². The number of hydrogen-bond donors (Lipinski definition) is 0. The number of carbonyl (C=O) groups is 1. The van der Waals surface area contributed by atoms with Gasteiger partial charge >= 0.3 is 0 Å². The van der Waals surface area contributed by atoms with Crippen molar-refractivity contribution in [3.05, 3.63) is 54.1 Å². The number of ether oxygens (including phenoxy) is 1. The zero-order valence-electron chi connectivity index (χ0n) is 15.8. The fourth-order valence-corrected chi connectivity index (χ4v) is 2.72. The van der Waals surface area contributed by atoms with Crippen LogP contribution in [0.3, 0.4) is 0 Å². The Morgan fingerprint density at radius 1 is 0.963 bits per heavy atom. The van der Waals surface area contributed by atoms with E-state index in [0.717, 1.165) is 29.9 Å². The van der Waals surface area contributed by atoms with Crippen LogP contribution in [0.25, 0.3) is 22.8 Å². The summed E-state index contributed by atoms with van der Waals surface area (Å²) in [5.41, 5.74) is 2.30. The van der Waals surface area contributed by atoms with Crippen molar-refractivity contribution < 1.29 is 14.1 Å². The van der Waals surface area contributed by atoms with Crippen molar-refractivity contribution in [2.24, 2.45) is 0 Å². The van der Waals surface area contributed by atoms with E-state index in [2.05, 4.69) is 17.1 Å². The fraction of sp³-hybridized carbons (Fsp3) is 0.318. The smallest absolute Gasteiger partial charge is 0.258 e. The number of ketones is 1. The van der Waals surface area contributed by atoms with Crippen molar-refractivity contribution in [1.29, 1.82) is 0 Å². The van der Waals surface area contributed by atoms with E-state index >= 15 is 0 Å². The van der Waals surface area contributed by atoms with Gasteiger partial charge < -0.3 is 9.26 Å². The van der Waals surface area contributed by atoms with Crippen LogP contribution in [0.2, 0.25) is 0 Å². The summed E-state index contributed by atoms with van der Waals surface area (Å²) in [6.07, 6.45) is 4.75. The van der Waals surface area contributed by atoms with E-state index in [4.69, 9.17) is 9.26 Å². The minimum Gasteiger partial charge on any atom is -0.494 e. The molecule has 2 aromatic carbocycles. The van der Waals surface area contributed by atoms with Gasteiger partial charge in [-0.25, -0.2) is 0 Å². The summed E-state index contributed by atoms with van der Waals surface area (Å²) < 4.78 is 11.1. The largest absolute Gasteiger partial charge is 0.494 e. The van der Waals surface area contributed by atoms with E-state index < -0.39 is 0 Å². The highest BCUT2D eigenvalue weighted by molar-refractivity contribution is 5.94. The SMILES string of the molecule is CCCCCCOc1ccc(-c2noc(-c3ccc(C(C)=O)cc3)n2)cc1. The standard InChI is InChI=1S/C22H24N2O3/c1-3-4-5-6-15-26-20-13-11-18(12-14-20)21-23-22(27-24-21)19-9-7-17(8-10-19)16(2)25/h7-14H,3-6,15H2,1-2H3. The number of benzene rings is 2. The molecular formula is C22H24N2O3. The van der Waals surface area contributed by atoms with Crippen molar-refractivity contribution in [2.75, 3.05) is 6.61 Å². The summed E-state index contributed by atoms with van der Waals surface area (Å²) in [5.74, 6) is 1.82. The molecule has 0 aliphatic rings. The Bertz CT molecular complexity index is 867. The Balaban J connectivity index is 1.63. The number of unbranched alkanes of at least 4 members (excludes halogenated alkanes) is 3. The number of carbonyl (C=O) groups excluding carboxylic acids is 1. The summed E-state index contributed by atoms with van der Waals surface area (Å²) in [4.78, 5) is 15.8. The Morgan fingerprint density at radius 3 is 2.33 bits per heavy atom. The molecule has 0 bridgehead atoms. The third kappa shape index (κ3) is 5.03. The lowest BCUT2D eigenvalue weighted by molar-refractivity contribution is 0.101. The topological polar surface area (TPSA) is 65.2 Å². The van der Waals surface area contributed by atoms with Gasteiger partial charge in [0, 0.05) is 16.7 Å². The van der Waals surface area contributed by atoms with E-state index in [1.807, 2.05) is 36.4 Å². The third-order valence-corrected chi connectivity index (χ3v) is 4.34. The lowest BCUT2D eigenvalue weighted by atomic mass is 10.1. The number of rotatable bonds is 9. The molecule has 0 radical (unpaired) electrons. The first kappa shape index (κ1) is 18.8. The van der Waals surface area contributed by atoms with Crippen LogP contribution in [-0.4, -0.2) is 22.5 Å². The maximum atomic E-state index is 11.4. The predicted octanol–water partition coefficient (Wildman–Crippen LogP) is 5.57. The minimum absolute atomic E-state index is 0.0282. The molecule has 3 aromatic rings. The van der Waals surface area contributed by atoms with E-state index in [-0.39, 0.29) is 5.78 Å². The van der Waals surface area contributed by atoms with Gasteiger partial charge in [0.25, 0.3) is 5.89 Å². The molecule has 0 fully saturated rings. The van der Waals surface area contributed by atoms with Gasteiger partial charge in [-0.1, -0.05) is 43.5 Å². The Labute approximate surface area is 159 Å². The number of nitrogens with zero attached hydrogens (tertiary/aromatic N) is 2. The second-order valence-corrected chi connectivity index (χ2v) is 6.49. The first-order chi connectivity index (χ1) is 13.2. The zero-order valence-corrected chi connectivity index (χ0v) is 15.8. The van der Waals surface area contributed by atoms with Gasteiger partial charge in [-0.3, -0.25) is 4.79 Å². The molecule has 0 aliphatic carbocycles. The van der Waals surface area contributed by atoms with E-state index in [1.54, 1.807) is 19.1 Å². The molecular weight excluding hydrogens is 340 g/mol. The average Bonchev–Trinajstić information content (AvgIpc) is 3.18. The van der Waals surface area contributed by atoms with Crippen molar-refractivity contribution in [3.8, 4) is 28.6 Å². The maximum absolute atomic E-state index is 11.4. The molecule has 5 heteroatoms. The summed E-state index contributed by atoms with van der Waals surface area (Å²) in [6.45, 7) is 4.48. The van der Waals surface area contributed by atoms with Gasteiger partial charge in [-0.2, -0.15) is 4.98 Å². The lowest BCUT2D eigenvalue weighted by Gasteiger charge is -2.06. The molecule has 0 spiro atoms. The number of aromatic nitrogens is 2. The van der Waals surface area contributed by atoms with Crippen LogP contribution in [0.15, 0.2) is 53.1 Å². The number of Topliss-reactive ketones (excluding diaryl/α,β-unsaturated/α-hetero) is 1. The Kier molecular flexibility index (Phi) is 6.36. The van der Waals surface area contributed by atoms with Crippen molar-refractivity contribution in [1.82, 2.24) is 10.1 Å². The average molecular weight is 364 g/mol. The normalized spacial score (nSPS) is 10.7. The Morgan fingerprint density at radius 2 is 1.67 bits per heavy atom. The summed E-state index contributed by atoms with van der Waals surface area (Å²) in [5, 5.41) is 4.05. The molecule has 3 rings (SSSR count). The quantitative estimate of drug-likeness (QED) is 0.367. The molecule has 0 atom stereocenters. The van der Waals surface area contributed by atoms with Crippen LogP contribution in [0.5, 0.6) is 5.75 Å². The van der Waals surface area contributed by atoms with Crippen LogP contribution in [0.1, 0.15) is 49.9 Å². The summed E-state index contributed by atoms with van der Waals surface area (Å²) >= 11 is 0. The molecule has 1 heterocycles. The highest BCUT2D eigenvalue weighted by Gasteiger charge is 2.11. The molecule has 0 saturated carbocycles. The molecule has 0 unspecified atom stereocenters. The first-order valence-corrected chi connectivity index (χ1v) is 9.35. The van der Waals surface area contributed by atoms with E-state index in [0.29, 0.717) is 17.3 Å². The van der Waals surface area contributed by atoms with Gasteiger partial charge in [0.2, 0.25) is 5.82 Å². The van der Waals surface area contributed by atoms with Gasteiger partial charge in [-0.15, -0.1) is 0 Å². The van der Waals surface area contributed by atoms with E-state index in [9.17, 15) is 4.79 Å². The van der Waals surface area contributed by atoms with Gasteiger partial charge in [0.1, 0.15) is 5.75 Å². The minimum atomic E-state index is 0.0282. The lowest BCUT2D eigenvalue weighted by Crippen LogP contribution is -1.97. The van der Waals surface area contributed by atoms with E-state index in [1.165, 1.54) is 19.3 Å². The highest BCUT2D eigenvalue weighted by atomic mass is 16.5. The predicted molar refractivity (Wildman–Crippen MR) is 105 cm³/mol. The number of hydrogen-bond acceptors (Lipinski definition) is 5. The highest BCUT2D eigenvalue weighted by Crippen LogP contribution is 2.24. The van der Waals surface area contributed by atoms with Crippen LogP contribution >= 0.6 is 0 Å². The monoisotopic (exact) mass is 364 g/mol. The van der Waals surface area contributed by atoms with Crippen LogP contribution in [-0.2, 0) is 0 Å². The van der Waals surface area contributed by atoms with Gasteiger partial charge in [0.15, 0.2) is 5.78 Å². The zero-order chi connectivity index (χ0) is 19.1. The molecule has 140 valence electrons. The second kappa shape index (κ2) is 9.12. The van der Waals surface area contributed by atoms with Gasteiger partial charge in [-0.05, 0) is 49.7 Å². The second-order valence-electron chi connectivity index (χ2n) is 6.49.